The maximum Gasteiger partial charge on any atom is 0.418 e. The summed E-state index contributed by atoms with van der Waals surface area (Å²) in [5.41, 5.74) is -1.38. The highest BCUT2D eigenvalue weighted by Gasteiger charge is 2.59. The van der Waals surface area contributed by atoms with Crippen molar-refractivity contribution >= 4 is 23.4 Å². The molecule has 3 aliphatic rings. The lowest BCUT2D eigenvalue weighted by molar-refractivity contribution is -0.143. The second kappa shape index (κ2) is 5.69. The number of alkyl halides is 3. The molecule has 1 aromatic rings. The van der Waals surface area contributed by atoms with E-state index in [1.165, 1.54) is 12.1 Å². The normalized spacial score (nSPS) is 29.4. The van der Waals surface area contributed by atoms with E-state index in [9.17, 15) is 27.6 Å². The molecular weight excluding hydrogens is 349 g/mol. The molecule has 1 saturated heterocycles. The number of likely N-dealkylation sites (tertiary alicyclic amines) is 1. The van der Waals surface area contributed by atoms with Gasteiger partial charge in [-0.2, -0.15) is 13.2 Å². The lowest BCUT2D eigenvalue weighted by Crippen LogP contribution is -2.39. The molecule has 4 rings (SSSR count). The quantitative estimate of drug-likeness (QED) is 0.662. The second-order valence-electron chi connectivity index (χ2n) is 6.85. The predicted molar refractivity (Wildman–Crippen MR) is 84.5 cm³/mol. The van der Waals surface area contributed by atoms with E-state index in [-0.39, 0.29) is 11.8 Å². The molecule has 1 saturated carbocycles. The van der Waals surface area contributed by atoms with Crippen molar-refractivity contribution in [1.82, 2.24) is 4.90 Å². The fraction of sp³-hybridized carbons (Fsp3) is 0.389. The maximum absolute atomic E-state index is 13.0. The van der Waals surface area contributed by atoms with Gasteiger partial charge in [-0.1, -0.05) is 24.3 Å². The number of anilines is 1. The molecule has 0 spiro atoms. The number of nitrogens with one attached hydrogen (secondary N) is 1. The van der Waals surface area contributed by atoms with Gasteiger partial charge in [0.05, 0.1) is 23.1 Å². The standard InChI is InChI=1S/C18H15F3N2O3/c19-18(20,21)11-3-1-2-4-12(11)22-13(24)8-23-16(25)14-9-5-6-10(7-9)15(14)17(23)26/h1-6,9-10,14-15H,7-8H2,(H,22,24)/t9-,10+,14-,15-/m0/s1. The molecule has 0 unspecified atom stereocenters. The first-order chi connectivity index (χ1) is 12.3. The minimum absolute atomic E-state index is 0.0143. The Morgan fingerprint density at radius 2 is 1.65 bits per heavy atom. The van der Waals surface area contributed by atoms with Crippen molar-refractivity contribution in [2.45, 2.75) is 12.6 Å². The van der Waals surface area contributed by atoms with Crippen LogP contribution in [0.2, 0.25) is 0 Å². The molecule has 1 aromatic carbocycles. The Balaban J connectivity index is 1.49. The molecule has 26 heavy (non-hydrogen) atoms. The second-order valence-corrected chi connectivity index (χ2v) is 6.85. The number of fused-ring (bicyclic) bond motifs is 5. The molecule has 3 amide bonds. The molecule has 136 valence electrons. The Labute approximate surface area is 146 Å². The van der Waals surface area contributed by atoms with Gasteiger partial charge < -0.3 is 5.32 Å². The van der Waals surface area contributed by atoms with Crippen molar-refractivity contribution in [3.05, 3.63) is 42.0 Å². The van der Waals surface area contributed by atoms with Gasteiger partial charge in [-0.3, -0.25) is 19.3 Å². The van der Waals surface area contributed by atoms with E-state index in [0.717, 1.165) is 23.5 Å². The molecule has 2 aliphatic carbocycles. The van der Waals surface area contributed by atoms with Gasteiger partial charge in [0, 0.05) is 0 Å². The topological polar surface area (TPSA) is 66.5 Å². The number of rotatable bonds is 3. The summed E-state index contributed by atoms with van der Waals surface area (Å²) in [6.07, 6.45) is 0.0111. The first-order valence-corrected chi connectivity index (χ1v) is 8.27. The molecule has 1 N–H and O–H groups in total. The number of hydrogen-bond donors (Lipinski definition) is 1. The first-order valence-electron chi connectivity index (χ1n) is 8.27. The number of hydrogen-bond acceptors (Lipinski definition) is 3. The Bertz CT molecular complexity index is 803. The molecule has 5 nitrogen and oxygen atoms in total. The van der Waals surface area contributed by atoms with Gasteiger partial charge in [0.2, 0.25) is 17.7 Å². The number of allylic oxidation sites excluding steroid dienone is 2. The van der Waals surface area contributed by atoms with Gasteiger partial charge in [0.15, 0.2) is 0 Å². The van der Waals surface area contributed by atoms with Gasteiger partial charge >= 0.3 is 6.18 Å². The van der Waals surface area contributed by atoms with Crippen LogP contribution in [0.4, 0.5) is 18.9 Å². The highest BCUT2D eigenvalue weighted by Crippen LogP contribution is 2.52. The highest BCUT2D eigenvalue weighted by atomic mass is 19.4. The third-order valence-corrected chi connectivity index (χ3v) is 5.37. The molecule has 0 radical (unpaired) electrons. The van der Waals surface area contributed by atoms with Crippen molar-refractivity contribution in [1.29, 1.82) is 0 Å². The van der Waals surface area contributed by atoms with E-state index in [0.29, 0.717) is 0 Å². The van der Waals surface area contributed by atoms with Crippen LogP contribution in [0.3, 0.4) is 0 Å². The van der Waals surface area contributed by atoms with E-state index in [2.05, 4.69) is 5.32 Å². The fourth-order valence-corrected chi connectivity index (χ4v) is 4.29. The van der Waals surface area contributed by atoms with E-state index >= 15 is 0 Å². The summed E-state index contributed by atoms with van der Waals surface area (Å²) in [7, 11) is 0. The number of carbonyl (C=O) groups excluding carboxylic acids is 3. The summed E-state index contributed by atoms with van der Waals surface area (Å²) in [4.78, 5) is 38.1. The molecule has 0 aromatic heterocycles. The van der Waals surface area contributed by atoms with Gasteiger partial charge in [0.25, 0.3) is 0 Å². The van der Waals surface area contributed by atoms with Gasteiger partial charge in [-0.05, 0) is 30.4 Å². The largest absolute Gasteiger partial charge is 0.418 e. The lowest BCUT2D eigenvalue weighted by atomic mass is 9.85. The van der Waals surface area contributed by atoms with Gasteiger partial charge in [0.1, 0.15) is 6.54 Å². The highest BCUT2D eigenvalue weighted by molar-refractivity contribution is 6.09. The molecule has 1 heterocycles. The molecule has 4 atom stereocenters. The number of para-hydroxylation sites is 1. The monoisotopic (exact) mass is 364 g/mol. The van der Waals surface area contributed by atoms with Crippen molar-refractivity contribution in [2.75, 3.05) is 11.9 Å². The van der Waals surface area contributed by atoms with Crippen molar-refractivity contribution in [3.8, 4) is 0 Å². The number of benzene rings is 1. The van der Waals surface area contributed by atoms with Crippen molar-refractivity contribution in [3.63, 3.8) is 0 Å². The van der Waals surface area contributed by atoms with Crippen LogP contribution in [0, 0.1) is 23.7 Å². The maximum atomic E-state index is 13.0. The van der Waals surface area contributed by atoms with Crippen LogP contribution < -0.4 is 5.32 Å². The summed E-state index contributed by atoms with van der Waals surface area (Å²) >= 11 is 0. The van der Waals surface area contributed by atoms with Crippen LogP contribution in [-0.2, 0) is 20.6 Å². The number of nitrogens with zero attached hydrogens (tertiary/aromatic N) is 1. The average molecular weight is 364 g/mol. The Morgan fingerprint density at radius 3 is 2.23 bits per heavy atom. The molecule has 2 bridgehead atoms. The summed E-state index contributed by atoms with van der Waals surface area (Å²) in [5, 5.41) is 2.17. The number of imide groups is 1. The first kappa shape index (κ1) is 16.8. The smallest absolute Gasteiger partial charge is 0.324 e. The van der Waals surface area contributed by atoms with Crippen LogP contribution in [-0.4, -0.2) is 29.2 Å². The summed E-state index contributed by atoms with van der Waals surface area (Å²) in [5.74, 6) is -2.49. The Kier molecular flexibility index (Phi) is 3.68. The number of halogens is 3. The number of carbonyl (C=O) groups is 3. The van der Waals surface area contributed by atoms with Crippen LogP contribution in [0.1, 0.15) is 12.0 Å². The van der Waals surface area contributed by atoms with Gasteiger partial charge in [-0.15, -0.1) is 0 Å². The Hall–Kier alpha value is -2.64. The minimum Gasteiger partial charge on any atom is -0.324 e. The number of amides is 3. The SMILES string of the molecule is O=C(CN1C(=O)[C@@H]2[C@@H](C1=O)[C@H]1C=C[C@@H]2C1)Nc1ccccc1C(F)(F)F. The van der Waals surface area contributed by atoms with E-state index < -0.39 is 53.5 Å². The van der Waals surface area contributed by atoms with Crippen LogP contribution in [0.25, 0.3) is 0 Å². The van der Waals surface area contributed by atoms with Crippen molar-refractivity contribution in [2.24, 2.45) is 23.7 Å². The van der Waals surface area contributed by atoms with Crippen LogP contribution in [0.15, 0.2) is 36.4 Å². The molecular formula is C18H15F3N2O3. The third kappa shape index (κ3) is 2.51. The summed E-state index contributed by atoms with van der Waals surface area (Å²) in [6.45, 7) is -0.573. The van der Waals surface area contributed by atoms with Crippen LogP contribution >= 0.6 is 0 Å². The third-order valence-electron chi connectivity index (χ3n) is 5.37. The van der Waals surface area contributed by atoms with Crippen molar-refractivity contribution < 1.29 is 27.6 Å². The zero-order chi connectivity index (χ0) is 18.6. The summed E-state index contributed by atoms with van der Waals surface area (Å²) in [6, 6.07) is 4.57. The van der Waals surface area contributed by atoms with E-state index in [1.807, 2.05) is 12.2 Å². The fourth-order valence-electron chi connectivity index (χ4n) is 4.29. The Morgan fingerprint density at radius 1 is 1.08 bits per heavy atom. The molecule has 8 heteroatoms. The lowest BCUT2D eigenvalue weighted by Gasteiger charge is -2.18. The zero-order valence-corrected chi connectivity index (χ0v) is 13.5. The summed E-state index contributed by atoms with van der Waals surface area (Å²) < 4.78 is 39.0. The molecule has 1 aliphatic heterocycles. The predicted octanol–water partition coefficient (Wildman–Crippen LogP) is 2.45. The van der Waals surface area contributed by atoms with E-state index in [4.69, 9.17) is 0 Å². The van der Waals surface area contributed by atoms with Gasteiger partial charge in [-0.25, -0.2) is 0 Å². The van der Waals surface area contributed by atoms with E-state index in [1.54, 1.807) is 0 Å². The average Bonchev–Trinajstić information content (AvgIpc) is 3.24. The molecule has 2 fully saturated rings. The zero-order valence-electron chi connectivity index (χ0n) is 13.5. The minimum atomic E-state index is -4.62. The van der Waals surface area contributed by atoms with Crippen LogP contribution in [0.5, 0.6) is 0 Å².